The molecule has 0 saturated carbocycles. The van der Waals surface area contributed by atoms with Crippen molar-refractivity contribution in [1.29, 1.82) is 0 Å². The number of nitrogens with one attached hydrogen (secondary N) is 2. The van der Waals surface area contributed by atoms with Crippen molar-refractivity contribution in [3.63, 3.8) is 0 Å². The fraction of sp³-hybridized carbons (Fsp3) is 0.217. The van der Waals surface area contributed by atoms with Crippen molar-refractivity contribution in [2.24, 2.45) is 11.7 Å². The molecular formula is C23H26N4O. The third-order valence-electron chi connectivity index (χ3n) is 4.71. The number of carbonyl (C=O) groups excluding carboxylic acids is 1. The molecule has 0 aliphatic carbocycles. The Bertz CT molecular complexity index is 927. The molecule has 2 atom stereocenters. The monoisotopic (exact) mass is 374 g/mol. The summed E-state index contributed by atoms with van der Waals surface area (Å²) >= 11 is 0. The van der Waals surface area contributed by atoms with E-state index in [0.29, 0.717) is 5.82 Å². The first kappa shape index (κ1) is 19.6. The van der Waals surface area contributed by atoms with Crippen molar-refractivity contribution < 1.29 is 4.79 Å². The van der Waals surface area contributed by atoms with Crippen molar-refractivity contribution in [3.05, 3.63) is 78.5 Å². The van der Waals surface area contributed by atoms with Gasteiger partial charge in [-0.25, -0.2) is 4.98 Å². The highest BCUT2D eigenvalue weighted by Gasteiger charge is 2.15. The second kappa shape index (κ2) is 9.15. The first-order valence-electron chi connectivity index (χ1n) is 9.42. The zero-order valence-electron chi connectivity index (χ0n) is 16.2. The quantitative estimate of drug-likeness (QED) is 0.571. The Morgan fingerprint density at radius 3 is 2.54 bits per heavy atom. The molecule has 1 heterocycles. The smallest absolute Gasteiger partial charge is 0.222 e. The van der Waals surface area contributed by atoms with Crippen LogP contribution in [0.5, 0.6) is 0 Å². The van der Waals surface area contributed by atoms with Crippen LogP contribution >= 0.6 is 0 Å². The lowest BCUT2D eigenvalue weighted by Gasteiger charge is -2.22. The highest BCUT2D eigenvalue weighted by molar-refractivity contribution is 5.89. The number of nitrogens with two attached hydrogens (primary N) is 1. The lowest BCUT2D eigenvalue weighted by atomic mass is 9.95. The van der Waals surface area contributed by atoms with Crippen LogP contribution in [0.15, 0.2) is 72.9 Å². The van der Waals surface area contributed by atoms with E-state index in [1.54, 1.807) is 6.20 Å². The first-order chi connectivity index (χ1) is 13.5. The summed E-state index contributed by atoms with van der Waals surface area (Å²) in [6, 6.07) is 22.0. The summed E-state index contributed by atoms with van der Waals surface area (Å²) in [4.78, 5) is 15.5. The fourth-order valence-corrected chi connectivity index (χ4v) is 3.14. The van der Waals surface area contributed by atoms with Gasteiger partial charge in [-0.2, -0.15) is 0 Å². The fourth-order valence-electron chi connectivity index (χ4n) is 3.14. The van der Waals surface area contributed by atoms with E-state index in [0.717, 1.165) is 28.9 Å². The minimum absolute atomic E-state index is 0.0341. The lowest BCUT2D eigenvalue weighted by molar-refractivity contribution is -0.114. The molecule has 1 aromatic heterocycles. The molecule has 0 radical (unpaired) electrons. The topological polar surface area (TPSA) is 80.0 Å². The lowest BCUT2D eigenvalue weighted by Crippen LogP contribution is -2.25. The molecule has 0 bridgehead atoms. The Balaban J connectivity index is 1.75. The number of hydrogen-bond donors (Lipinski definition) is 3. The Morgan fingerprint density at radius 1 is 1.07 bits per heavy atom. The number of pyridine rings is 1. The van der Waals surface area contributed by atoms with Gasteiger partial charge in [0, 0.05) is 37.0 Å². The van der Waals surface area contributed by atoms with Crippen molar-refractivity contribution in [3.8, 4) is 11.1 Å². The third kappa shape index (κ3) is 4.96. The van der Waals surface area contributed by atoms with Crippen LogP contribution < -0.4 is 16.4 Å². The van der Waals surface area contributed by atoms with Crippen LogP contribution in [-0.2, 0) is 4.79 Å². The molecule has 1 amide bonds. The average molecular weight is 374 g/mol. The van der Waals surface area contributed by atoms with E-state index in [1.807, 2.05) is 42.5 Å². The molecule has 5 nitrogen and oxygen atoms in total. The molecule has 28 heavy (non-hydrogen) atoms. The molecule has 4 N–H and O–H groups in total. The molecule has 3 aromatic rings. The van der Waals surface area contributed by atoms with E-state index >= 15 is 0 Å². The summed E-state index contributed by atoms with van der Waals surface area (Å²) in [5.41, 5.74) is 10.6. The minimum atomic E-state index is -0.139. The highest BCUT2D eigenvalue weighted by Crippen LogP contribution is 2.29. The number of anilines is 2. The van der Waals surface area contributed by atoms with E-state index < -0.39 is 0 Å². The molecule has 0 fully saturated rings. The van der Waals surface area contributed by atoms with Gasteiger partial charge < -0.3 is 16.4 Å². The normalized spacial score (nSPS) is 12.8. The van der Waals surface area contributed by atoms with E-state index in [-0.39, 0.29) is 17.9 Å². The summed E-state index contributed by atoms with van der Waals surface area (Å²) in [5, 5.41) is 6.27. The zero-order valence-corrected chi connectivity index (χ0v) is 16.2. The molecule has 0 saturated heterocycles. The second-order valence-electron chi connectivity index (χ2n) is 6.95. The van der Waals surface area contributed by atoms with Gasteiger partial charge in [0.25, 0.3) is 0 Å². The predicted molar refractivity (Wildman–Crippen MR) is 115 cm³/mol. The molecule has 3 rings (SSSR count). The van der Waals surface area contributed by atoms with Crippen LogP contribution in [0.4, 0.5) is 11.5 Å². The Hall–Kier alpha value is -3.18. The third-order valence-corrected chi connectivity index (χ3v) is 4.71. The van der Waals surface area contributed by atoms with Gasteiger partial charge in [0.15, 0.2) is 0 Å². The van der Waals surface area contributed by atoms with Gasteiger partial charge in [-0.15, -0.1) is 0 Å². The van der Waals surface area contributed by atoms with Gasteiger partial charge in [-0.05, 0) is 35.2 Å². The molecule has 144 valence electrons. The van der Waals surface area contributed by atoms with Gasteiger partial charge in [0.1, 0.15) is 5.82 Å². The molecule has 0 spiro atoms. The van der Waals surface area contributed by atoms with Crippen LogP contribution in [0.2, 0.25) is 0 Å². The van der Waals surface area contributed by atoms with Crippen LogP contribution in [0, 0.1) is 5.92 Å². The van der Waals surface area contributed by atoms with E-state index in [9.17, 15) is 4.79 Å². The van der Waals surface area contributed by atoms with Gasteiger partial charge >= 0.3 is 0 Å². The number of rotatable bonds is 7. The number of carbonyl (C=O) groups is 1. The van der Waals surface area contributed by atoms with Crippen molar-refractivity contribution in [2.45, 2.75) is 19.9 Å². The number of benzene rings is 2. The number of nitrogens with zero attached hydrogens (tertiary/aromatic N) is 1. The van der Waals surface area contributed by atoms with Crippen molar-refractivity contribution >= 4 is 17.4 Å². The number of aromatic nitrogens is 1. The maximum absolute atomic E-state index is 11.3. The standard InChI is InChI=1S/C23H26N4O/c1-16(23(24)18-8-4-3-5-9-18)15-26-21-11-7-6-10-20(21)19-12-13-25-22(14-19)27-17(2)28/h3-14,16,23,26H,15,24H2,1-2H3,(H,25,27,28). The Morgan fingerprint density at radius 2 is 1.79 bits per heavy atom. The molecular weight excluding hydrogens is 348 g/mol. The molecule has 2 aromatic carbocycles. The van der Waals surface area contributed by atoms with E-state index in [4.69, 9.17) is 5.73 Å². The van der Waals surface area contributed by atoms with E-state index in [1.165, 1.54) is 6.92 Å². The minimum Gasteiger partial charge on any atom is -0.384 e. The summed E-state index contributed by atoms with van der Waals surface area (Å²) in [7, 11) is 0. The number of amides is 1. The summed E-state index contributed by atoms with van der Waals surface area (Å²) in [6.07, 6.45) is 1.70. The molecule has 2 unspecified atom stereocenters. The first-order valence-corrected chi connectivity index (χ1v) is 9.42. The molecule has 0 aliphatic rings. The van der Waals surface area contributed by atoms with Crippen LogP contribution in [0.1, 0.15) is 25.5 Å². The van der Waals surface area contributed by atoms with Gasteiger partial charge in [-0.3, -0.25) is 4.79 Å². The highest BCUT2D eigenvalue weighted by atomic mass is 16.1. The van der Waals surface area contributed by atoms with E-state index in [2.05, 4.69) is 46.8 Å². The van der Waals surface area contributed by atoms with Gasteiger partial charge in [0.2, 0.25) is 5.91 Å². The van der Waals surface area contributed by atoms with Gasteiger partial charge in [0.05, 0.1) is 0 Å². The molecule has 5 heteroatoms. The van der Waals surface area contributed by atoms with Crippen LogP contribution in [-0.4, -0.2) is 17.4 Å². The summed E-state index contributed by atoms with van der Waals surface area (Å²) < 4.78 is 0. The Labute approximate surface area is 166 Å². The largest absolute Gasteiger partial charge is 0.384 e. The number of para-hydroxylation sites is 1. The maximum atomic E-state index is 11.3. The van der Waals surface area contributed by atoms with Crippen molar-refractivity contribution in [2.75, 3.05) is 17.2 Å². The summed E-state index contributed by atoms with van der Waals surface area (Å²) in [6.45, 7) is 4.37. The van der Waals surface area contributed by atoms with Gasteiger partial charge in [-0.1, -0.05) is 55.5 Å². The SMILES string of the molecule is CC(=O)Nc1cc(-c2ccccc2NCC(C)C(N)c2ccccc2)ccn1. The Kier molecular flexibility index (Phi) is 6.40. The summed E-state index contributed by atoms with van der Waals surface area (Å²) in [5.74, 6) is 0.655. The maximum Gasteiger partial charge on any atom is 0.222 e. The van der Waals surface area contributed by atoms with Crippen molar-refractivity contribution in [1.82, 2.24) is 4.98 Å². The second-order valence-corrected chi connectivity index (χ2v) is 6.95. The zero-order chi connectivity index (χ0) is 19.9. The number of hydrogen-bond acceptors (Lipinski definition) is 4. The predicted octanol–water partition coefficient (Wildman–Crippen LogP) is 4.46. The van der Waals surface area contributed by atoms with Crippen LogP contribution in [0.25, 0.3) is 11.1 Å². The molecule has 0 aliphatic heterocycles. The average Bonchev–Trinajstić information content (AvgIpc) is 2.72. The van der Waals surface area contributed by atoms with Crippen LogP contribution in [0.3, 0.4) is 0 Å².